The molecular formula is C16H15BrFNO. The highest BCUT2D eigenvalue weighted by atomic mass is 79.9. The molecule has 0 aliphatic carbocycles. The summed E-state index contributed by atoms with van der Waals surface area (Å²) in [5, 5.41) is 0. The highest BCUT2D eigenvalue weighted by Gasteiger charge is 2.11. The summed E-state index contributed by atoms with van der Waals surface area (Å²) in [4.78, 5) is 14.1. The molecule has 0 N–H and O–H groups in total. The van der Waals surface area contributed by atoms with Crippen LogP contribution in [-0.4, -0.2) is 19.9 Å². The Hall–Kier alpha value is -1.68. The van der Waals surface area contributed by atoms with Gasteiger partial charge >= 0.3 is 0 Å². The van der Waals surface area contributed by atoms with Crippen molar-refractivity contribution in [3.05, 3.63) is 63.9 Å². The summed E-state index contributed by atoms with van der Waals surface area (Å²) in [5.41, 5.74) is 2.02. The number of ketones is 1. The number of halogens is 2. The largest absolute Gasteiger partial charge is 0.378 e. The van der Waals surface area contributed by atoms with Crippen LogP contribution in [0.2, 0.25) is 0 Å². The lowest BCUT2D eigenvalue weighted by atomic mass is 10.0. The molecule has 104 valence electrons. The van der Waals surface area contributed by atoms with E-state index < -0.39 is 0 Å². The molecule has 0 fully saturated rings. The van der Waals surface area contributed by atoms with E-state index in [0.717, 1.165) is 10.2 Å². The molecule has 2 aromatic carbocycles. The predicted octanol–water partition coefficient (Wildman–Crippen LogP) is 4.08. The van der Waals surface area contributed by atoms with Gasteiger partial charge in [0.1, 0.15) is 5.82 Å². The highest BCUT2D eigenvalue weighted by molar-refractivity contribution is 9.10. The molecular weight excluding hydrogens is 321 g/mol. The van der Waals surface area contributed by atoms with Gasteiger partial charge in [0.15, 0.2) is 5.78 Å². The maximum absolute atomic E-state index is 13.6. The van der Waals surface area contributed by atoms with E-state index in [2.05, 4.69) is 15.9 Å². The van der Waals surface area contributed by atoms with E-state index in [9.17, 15) is 9.18 Å². The molecule has 0 aromatic heterocycles. The lowest BCUT2D eigenvalue weighted by Gasteiger charge is -2.12. The van der Waals surface area contributed by atoms with Gasteiger partial charge in [0.25, 0.3) is 0 Å². The standard InChI is InChI=1S/C16H15BrFNO/c1-19(2)14-6-3-11(4-7-14)16(20)10-12-9-13(17)5-8-15(12)18/h3-9H,10H2,1-2H3. The Balaban J connectivity index is 2.17. The van der Waals surface area contributed by atoms with Crippen LogP contribution >= 0.6 is 15.9 Å². The van der Waals surface area contributed by atoms with Gasteiger partial charge in [0.05, 0.1) is 0 Å². The van der Waals surface area contributed by atoms with Crippen LogP contribution in [-0.2, 0) is 6.42 Å². The zero-order valence-electron chi connectivity index (χ0n) is 11.4. The Bertz CT molecular complexity index is 623. The third kappa shape index (κ3) is 3.45. The van der Waals surface area contributed by atoms with E-state index in [1.54, 1.807) is 24.3 Å². The Morgan fingerprint density at radius 1 is 1.15 bits per heavy atom. The summed E-state index contributed by atoms with van der Waals surface area (Å²) in [6.45, 7) is 0. The van der Waals surface area contributed by atoms with Gasteiger partial charge in [-0.3, -0.25) is 4.79 Å². The van der Waals surface area contributed by atoms with Crippen LogP contribution in [0.5, 0.6) is 0 Å². The molecule has 0 amide bonds. The van der Waals surface area contributed by atoms with Gasteiger partial charge < -0.3 is 4.90 Å². The summed E-state index contributed by atoms with van der Waals surface area (Å²) in [7, 11) is 3.88. The number of nitrogens with zero attached hydrogens (tertiary/aromatic N) is 1. The molecule has 0 aliphatic rings. The molecule has 0 saturated heterocycles. The topological polar surface area (TPSA) is 20.3 Å². The molecule has 0 radical (unpaired) electrons. The number of hydrogen-bond donors (Lipinski definition) is 0. The lowest BCUT2D eigenvalue weighted by molar-refractivity contribution is 0.0992. The van der Waals surface area contributed by atoms with Gasteiger partial charge in [0.2, 0.25) is 0 Å². The molecule has 2 nitrogen and oxygen atoms in total. The molecule has 2 aromatic rings. The summed E-state index contributed by atoms with van der Waals surface area (Å²) in [6, 6.07) is 11.9. The van der Waals surface area contributed by atoms with Gasteiger partial charge in [-0.05, 0) is 48.0 Å². The quantitative estimate of drug-likeness (QED) is 0.784. The second-order valence-electron chi connectivity index (χ2n) is 4.78. The zero-order valence-corrected chi connectivity index (χ0v) is 12.9. The molecule has 0 heterocycles. The van der Waals surface area contributed by atoms with Crippen molar-refractivity contribution in [2.75, 3.05) is 19.0 Å². The van der Waals surface area contributed by atoms with Gasteiger partial charge in [-0.1, -0.05) is 15.9 Å². The first kappa shape index (κ1) is 14.7. The molecule has 0 aliphatic heterocycles. The normalized spacial score (nSPS) is 10.4. The van der Waals surface area contributed by atoms with Crippen molar-refractivity contribution >= 4 is 27.4 Å². The fourth-order valence-electron chi connectivity index (χ4n) is 1.90. The van der Waals surface area contributed by atoms with E-state index in [1.807, 2.05) is 31.1 Å². The third-order valence-corrected chi connectivity index (χ3v) is 3.56. The van der Waals surface area contributed by atoms with E-state index in [1.165, 1.54) is 6.07 Å². The number of rotatable bonds is 4. The number of anilines is 1. The van der Waals surface area contributed by atoms with Crippen LogP contribution in [0.1, 0.15) is 15.9 Å². The molecule has 2 rings (SSSR count). The van der Waals surface area contributed by atoms with Gasteiger partial charge in [0, 0.05) is 36.2 Å². The van der Waals surface area contributed by atoms with E-state index in [4.69, 9.17) is 0 Å². The smallest absolute Gasteiger partial charge is 0.167 e. The molecule has 0 atom stereocenters. The van der Waals surface area contributed by atoms with Crippen molar-refractivity contribution in [3.8, 4) is 0 Å². The SMILES string of the molecule is CN(C)c1ccc(C(=O)Cc2cc(Br)ccc2F)cc1. The van der Waals surface area contributed by atoms with E-state index in [-0.39, 0.29) is 18.0 Å². The average molecular weight is 336 g/mol. The van der Waals surface area contributed by atoms with Crippen molar-refractivity contribution in [2.45, 2.75) is 6.42 Å². The van der Waals surface area contributed by atoms with Gasteiger partial charge in [-0.25, -0.2) is 4.39 Å². The van der Waals surface area contributed by atoms with Crippen molar-refractivity contribution in [1.82, 2.24) is 0 Å². The maximum Gasteiger partial charge on any atom is 0.167 e. The van der Waals surface area contributed by atoms with Crippen molar-refractivity contribution in [2.24, 2.45) is 0 Å². The van der Waals surface area contributed by atoms with Crippen LogP contribution < -0.4 is 4.90 Å². The Morgan fingerprint density at radius 3 is 2.40 bits per heavy atom. The number of carbonyl (C=O) groups is 1. The summed E-state index contributed by atoms with van der Waals surface area (Å²) < 4.78 is 14.4. The van der Waals surface area contributed by atoms with Crippen LogP contribution in [0, 0.1) is 5.82 Å². The number of carbonyl (C=O) groups excluding carboxylic acids is 1. The Labute approximate surface area is 126 Å². The minimum absolute atomic E-state index is 0.0621. The van der Waals surface area contributed by atoms with Crippen LogP contribution in [0.3, 0.4) is 0 Å². The lowest BCUT2D eigenvalue weighted by Crippen LogP contribution is -2.09. The average Bonchev–Trinajstić information content (AvgIpc) is 2.43. The minimum atomic E-state index is -0.355. The minimum Gasteiger partial charge on any atom is -0.378 e. The van der Waals surface area contributed by atoms with Crippen LogP contribution in [0.4, 0.5) is 10.1 Å². The molecule has 0 saturated carbocycles. The fourth-order valence-corrected chi connectivity index (χ4v) is 2.31. The van der Waals surface area contributed by atoms with Gasteiger partial charge in [-0.2, -0.15) is 0 Å². The monoisotopic (exact) mass is 335 g/mol. The Morgan fingerprint density at radius 2 is 1.80 bits per heavy atom. The van der Waals surface area contributed by atoms with Crippen molar-refractivity contribution < 1.29 is 9.18 Å². The van der Waals surface area contributed by atoms with Crippen molar-refractivity contribution in [1.29, 1.82) is 0 Å². The third-order valence-electron chi connectivity index (χ3n) is 3.06. The number of hydrogen-bond acceptors (Lipinski definition) is 2. The molecule has 0 unspecified atom stereocenters. The van der Waals surface area contributed by atoms with Crippen molar-refractivity contribution in [3.63, 3.8) is 0 Å². The molecule has 4 heteroatoms. The highest BCUT2D eigenvalue weighted by Crippen LogP contribution is 2.19. The fraction of sp³-hybridized carbons (Fsp3) is 0.188. The van der Waals surface area contributed by atoms with E-state index >= 15 is 0 Å². The first-order valence-electron chi connectivity index (χ1n) is 6.22. The zero-order chi connectivity index (χ0) is 14.7. The predicted molar refractivity (Wildman–Crippen MR) is 82.9 cm³/mol. The maximum atomic E-state index is 13.6. The van der Waals surface area contributed by atoms with Gasteiger partial charge in [-0.15, -0.1) is 0 Å². The summed E-state index contributed by atoms with van der Waals surface area (Å²) in [5.74, 6) is -0.446. The molecule has 0 bridgehead atoms. The summed E-state index contributed by atoms with van der Waals surface area (Å²) in [6.07, 6.45) is 0.0621. The van der Waals surface area contributed by atoms with Crippen LogP contribution in [0.15, 0.2) is 46.9 Å². The molecule has 0 spiro atoms. The molecule has 20 heavy (non-hydrogen) atoms. The Kier molecular flexibility index (Phi) is 4.55. The second kappa shape index (κ2) is 6.18. The first-order valence-corrected chi connectivity index (χ1v) is 7.01. The van der Waals surface area contributed by atoms with Crippen LogP contribution in [0.25, 0.3) is 0 Å². The first-order chi connectivity index (χ1) is 9.47. The number of Topliss-reactive ketones (excluding diaryl/α,β-unsaturated/α-hetero) is 1. The second-order valence-corrected chi connectivity index (χ2v) is 5.69. The van der Waals surface area contributed by atoms with E-state index in [0.29, 0.717) is 11.1 Å². The number of benzene rings is 2. The summed E-state index contributed by atoms with van der Waals surface area (Å²) >= 11 is 3.28.